The fourth-order valence-corrected chi connectivity index (χ4v) is 2.28. The molecule has 0 saturated heterocycles. The number of alkyl carbamates (subject to hydrolysis) is 1. The molecular formula is C18H25N3O6. The molecule has 27 heavy (non-hydrogen) atoms. The number of rotatable bonds is 10. The molecule has 0 unspecified atom stereocenters. The molecule has 1 aromatic carbocycles. The number of carboxylic acids is 1. The van der Waals surface area contributed by atoms with Gasteiger partial charge in [0.15, 0.2) is 0 Å². The predicted molar refractivity (Wildman–Crippen MR) is 96.4 cm³/mol. The lowest BCUT2D eigenvalue weighted by Gasteiger charge is -2.21. The normalized spacial score (nSPS) is 12.7. The Bertz CT molecular complexity index is 662. The van der Waals surface area contributed by atoms with E-state index in [1.807, 2.05) is 19.9 Å². The fraction of sp³-hybridized carbons (Fsp3) is 0.444. The summed E-state index contributed by atoms with van der Waals surface area (Å²) in [5.74, 6) is -2.78. The number of nitrogens with two attached hydrogens (primary N) is 1. The lowest BCUT2D eigenvalue weighted by Crippen LogP contribution is -2.53. The monoisotopic (exact) mass is 379 g/mol. The van der Waals surface area contributed by atoms with Crippen LogP contribution >= 0.6 is 0 Å². The van der Waals surface area contributed by atoms with Gasteiger partial charge in [0.05, 0.1) is 6.42 Å². The summed E-state index contributed by atoms with van der Waals surface area (Å²) in [5, 5.41) is 13.6. The Balaban J connectivity index is 2.69. The Labute approximate surface area is 157 Å². The van der Waals surface area contributed by atoms with E-state index in [1.54, 1.807) is 24.3 Å². The molecule has 9 nitrogen and oxygen atoms in total. The summed E-state index contributed by atoms with van der Waals surface area (Å²) < 4.78 is 4.99. The summed E-state index contributed by atoms with van der Waals surface area (Å²) in [7, 11) is 0. The van der Waals surface area contributed by atoms with Crippen LogP contribution in [0, 0.1) is 5.92 Å². The van der Waals surface area contributed by atoms with Crippen molar-refractivity contribution in [3.8, 4) is 0 Å². The highest BCUT2D eigenvalue weighted by Crippen LogP contribution is 2.06. The lowest BCUT2D eigenvalue weighted by atomic mass is 10.0. The van der Waals surface area contributed by atoms with Crippen LogP contribution in [-0.4, -0.2) is 41.1 Å². The minimum Gasteiger partial charge on any atom is -0.481 e. The van der Waals surface area contributed by atoms with E-state index in [2.05, 4.69) is 10.6 Å². The van der Waals surface area contributed by atoms with Crippen molar-refractivity contribution in [2.24, 2.45) is 11.7 Å². The van der Waals surface area contributed by atoms with Crippen molar-refractivity contribution in [1.82, 2.24) is 10.6 Å². The maximum Gasteiger partial charge on any atom is 0.408 e. The van der Waals surface area contributed by atoms with Crippen LogP contribution in [0.1, 0.15) is 32.3 Å². The van der Waals surface area contributed by atoms with E-state index in [1.165, 1.54) is 0 Å². The summed E-state index contributed by atoms with van der Waals surface area (Å²) in [6.45, 7) is 3.65. The van der Waals surface area contributed by atoms with Crippen molar-refractivity contribution in [3.05, 3.63) is 35.9 Å². The van der Waals surface area contributed by atoms with Gasteiger partial charge in [-0.05, 0) is 17.9 Å². The van der Waals surface area contributed by atoms with E-state index in [4.69, 9.17) is 15.6 Å². The number of carbonyl (C=O) groups excluding carboxylic acids is 3. The van der Waals surface area contributed by atoms with Gasteiger partial charge in [0.1, 0.15) is 18.7 Å². The maximum atomic E-state index is 12.3. The number of carboxylic acid groups (broad SMARTS) is 1. The molecule has 0 aliphatic carbocycles. The summed E-state index contributed by atoms with van der Waals surface area (Å²) >= 11 is 0. The molecule has 5 N–H and O–H groups in total. The largest absolute Gasteiger partial charge is 0.481 e. The molecule has 9 heteroatoms. The molecule has 0 saturated carbocycles. The molecule has 0 aromatic heterocycles. The number of carbonyl (C=O) groups is 4. The van der Waals surface area contributed by atoms with Gasteiger partial charge in [0.2, 0.25) is 11.8 Å². The molecular weight excluding hydrogens is 354 g/mol. The van der Waals surface area contributed by atoms with Crippen LogP contribution in [-0.2, 0) is 25.7 Å². The molecule has 148 valence electrons. The molecule has 1 aromatic rings. The molecule has 1 rings (SSSR count). The zero-order valence-electron chi connectivity index (χ0n) is 15.3. The Hall–Kier alpha value is -3.10. The van der Waals surface area contributed by atoms with Crippen LogP contribution < -0.4 is 16.4 Å². The van der Waals surface area contributed by atoms with Gasteiger partial charge < -0.3 is 26.2 Å². The minimum absolute atomic E-state index is 0.0364. The molecule has 3 amide bonds. The Morgan fingerprint density at radius 1 is 1.07 bits per heavy atom. The SMILES string of the molecule is CC(C)C[C@H](NC(=O)[C@H](CC(=O)O)NC(=O)OCc1ccccc1)C(N)=O. The molecule has 0 radical (unpaired) electrons. The van der Waals surface area contributed by atoms with E-state index in [0.29, 0.717) is 6.42 Å². The maximum absolute atomic E-state index is 12.3. The first-order valence-electron chi connectivity index (χ1n) is 8.47. The van der Waals surface area contributed by atoms with Crippen molar-refractivity contribution >= 4 is 23.9 Å². The third kappa shape index (κ3) is 8.70. The number of ether oxygens (including phenoxy) is 1. The highest BCUT2D eigenvalue weighted by molar-refractivity contribution is 5.92. The van der Waals surface area contributed by atoms with E-state index in [-0.39, 0.29) is 12.5 Å². The lowest BCUT2D eigenvalue weighted by molar-refractivity contribution is -0.140. The van der Waals surface area contributed by atoms with Gasteiger partial charge >= 0.3 is 12.1 Å². The van der Waals surface area contributed by atoms with E-state index in [0.717, 1.165) is 5.56 Å². The molecule has 0 aliphatic heterocycles. The molecule has 2 atom stereocenters. The highest BCUT2D eigenvalue weighted by Gasteiger charge is 2.28. The quantitative estimate of drug-likeness (QED) is 0.472. The zero-order valence-corrected chi connectivity index (χ0v) is 15.3. The number of nitrogens with one attached hydrogen (secondary N) is 2. The van der Waals surface area contributed by atoms with Crippen LogP contribution in [0.15, 0.2) is 30.3 Å². The third-order valence-electron chi connectivity index (χ3n) is 3.57. The van der Waals surface area contributed by atoms with Gasteiger partial charge in [-0.25, -0.2) is 4.79 Å². The molecule has 0 bridgehead atoms. The van der Waals surface area contributed by atoms with Gasteiger partial charge in [0.25, 0.3) is 0 Å². The van der Waals surface area contributed by atoms with Gasteiger partial charge in [0, 0.05) is 0 Å². The van der Waals surface area contributed by atoms with Crippen molar-refractivity contribution in [2.45, 2.75) is 45.4 Å². The minimum atomic E-state index is -1.40. The highest BCUT2D eigenvalue weighted by atomic mass is 16.5. The summed E-state index contributed by atoms with van der Waals surface area (Å²) in [4.78, 5) is 46.7. The Kier molecular flexibility index (Phi) is 8.77. The van der Waals surface area contributed by atoms with E-state index in [9.17, 15) is 19.2 Å². The van der Waals surface area contributed by atoms with Crippen LogP contribution in [0.2, 0.25) is 0 Å². The standard InChI is InChI=1S/C18H25N3O6/c1-11(2)8-13(16(19)24)20-17(25)14(9-15(22)23)21-18(26)27-10-12-6-4-3-5-7-12/h3-7,11,13-14H,8-10H2,1-2H3,(H2,19,24)(H,20,25)(H,21,26)(H,22,23)/t13-,14-/m0/s1. The second kappa shape index (κ2) is 10.8. The second-order valence-electron chi connectivity index (χ2n) is 6.45. The second-order valence-corrected chi connectivity index (χ2v) is 6.45. The van der Waals surface area contributed by atoms with Crippen molar-refractivity contribution in [3.63, 3.8) is 0 Å². The van der Waals surface area contributed by atoms with Crippen molar-refractivity contribution in [1.29, 1.82) is 0 Å². The number of amides is 3. The molecule has 0 heterocycles. The number of hydrogen-bond acceptors (Lipinski definition) is 5. The van der Waals surface area contributed by atoms with Crippen LogP contribution in [0.5, 0.6) is 0 Å². The van der Waals surface area contributed by atoms with Gasteiger partial charge in [-0.1, -0.05) is 44.2 Å². The van der Waals surface area contributed by atoms with Crippen LogP contribution in [0.25, 0.3) is 0 Å². The summed E-state index contributed by atoms with van der Waals surface area (Å²) in [6, 6.07) is 6.49. The summed E-state index contributed by atoms with van der Waals surface area (Å²) in [5.41, 5.74) is 6.00. The zero-order chi connectivity index (χ0) is 20.4. The molecule has 0 aliphatic rings. The van der Waals surface area contributed by atoms with E-state index >= 15 is 0 Å². The topological polar surface area (TPSA) is 148 Å². The van der Waals surface area contributed by atoms with Gasteiger partial charge in [-0.2, -0.15) is 0 Å². The average molecular weight is 379 g/mol. The first-order chi connectivity index (χ1) is 12.7. The number of aliphatic carboxylic acids is 1. The Morgan fingerprint density at radius 2 is 1.70 bits per heavy atom. The molecule has 0 spiro atoms. The smallest absolute Gasteiger partial charge is 0.408 e. The van der Waals surface area contributed by atoms with Crippen LogP contribution in [0.3, 0.4) is 0 Å². The number of primary amides is 1. The fourth-order valence-electron chi connectivity index (χ4n) is 2.28. The predicted octanol–water partition coefficient (Wildman–Crippen LogP) is 0.772. The third-order valence-corrected chi connectivity index (χ3v) is 3.57. The Morgan fingerprint density at radius 3 is 2.22 bits per heavy atom. The first kappa shape index (κ1) is 21.9. The van der Waals surface area contributed by atoms with Gasteiger partial charge in [-0.3, -0.25) is 14.4 Å². The van der Waals surface area contributed by atoms with Crippen LogP contribution in [0.4, 0.5) is 4.79 Å². The average Bonchev–Trinajstić information content (AvgIpc) is 2.58. The van der Waals surface area contributed by atoms with E-state index < -0.39 is 42.4 Å². The first-order valence-corrected chi connectivity index (χ1v) is 8.47. The van der Waals surface area contributed by atoms with Gasteiger partial charge in [-0.15, -0.1) is 0 Å². The number of benzene rings is 1. The summed E-state index contributed by atoms with van der Waals surface area (Å²) in [6.07, 6.45) is -1.32. The van der Waals surface area contributed by atoms with Crippen molar-refractivity contribution in [2.75, 3.05) is 0 Å². The van der Waals surface area contributed by atoms with Crippen molar-refractivity contribution < 1.29 is 29.0 Å². The number of hydrogen-bond donors (Lipinski definition) is 4. The molecule has 0 fully saturated rings.